The molecule has 3 rings (SSSR count). The second-order valence-corrected chi connectivity index (χ2v) is 6.87. The highest BCUT2D eigenvalue weighted by Crippen LogP contribution is 2.27. The van der Waals surface area contributed by atoms with Crippen LogP contribution in [0.3, 0.4) is 0 Å². The monoisotopic (exact) mass is 342 g/mol. The van der Waals surface area contributed by atoms with Gasteiger partial charge in [-0.25, -0.2) is 4.99 Å². The SMILES string of the molecule is COc1ccc(C=Nc2sccc2C(=O)NC2CCCCC2)cc1. The van der Waals surface area contributed by atoms with Gasteiger partial charge in [-0.1, -0.05) is 19.3 Å². The number of carbonyl (C=O) groups is 1. The minimum Gasteiger partial charge on any atom is -0.497 e. The van der Waals surface area contributed by atoms with Crippen LogP contribution in [-0.4, -0.2) is 25.3 Å². The fraction of sp³-hybridized carbons (Fsp3) is 0.368. The molecule has 4 nitrogen and oxygen atoms in total. The zero-order valence-corrected chi connectivity index (χ0v) is 14.6. The number of rotatable bonds is 5. The highest BCUT2D eigenvalue weighted by Gasteiger charge is 2.19. The van der Waals surface area contributed by atoms with Gasteiger partial charge in [0.1, 0.15) is 10.8 Å². The van der Waals surface area contributed by atoms with E-state index in [0.29, 0.717) is 11.6 Å². The van der Waals surface area contributed by atoms with Crippen molar-refractivity contribution >= 4 is 28.5 Å². The lowest BCUT2D eigenvalue weighted by Gasteiger charge is -2.22. The Kier molecular flexibility index (Phi) is 5.64. The van der Waals surface area contributed by atoms with Crippen molar-refractivity contribution in [2.24, 2.45) is 4.99 Å². The number of carbonyl (C=O) groups excluding carboxylic acids is 1. The molecule has 1 N–H and O–H groups in total. The number of thiophene rings is 1. The van der Waals surface area contributed by atoms with Crippen molar-refractivity contribution in [2.75, 3.05) is 7.11 Å². The van der Waals surface area contributed by atoms with E-state index in [0.717, 1.165) is 29.2 Å². The summed E-state index contributed by atoms with van der Waals surface area (Å²) >= 11 is 1.48. The summed E-state index contributed by atoms with van der Waals surface area (Å²) in [5.74, 6) is 0.806. The molecule has 0 spiro atoms. The van der Waals surface area contributed by atoms with E-state index in [1.54, 1.807) is 13.3 Å². The van der Waals surface area contributed by atoms with Crippen LogP contribution in [0, 0.1) is 0 Å². The Balaban J connectivity index is 1.67. The number of nitrogens with one attached hydrogen (secondary N) is 1. The molecule has 24 heavy (non-hydrogen) atoms. The Morgan fingerprint density at radius 1 is 1.21 bits per heavy atom. The third-order valence-electron chi connectivity index (χ3n) is 4.28. The fourth-order valence-corrected chi connectivity index (χ4v) is 3.64. The van der Waals surface area contributed by atoms with Gasteiger partial charge in [-0.15, -0.1) is 11.3 Å². The number of aliphatic imine (C=N–C) groups is 1. The normalized spacial score (nSPS) is 15.5. The average molecular weight is 342 g/mol. The molecule has 1 aromatic heterocycles. The van der Waals surface area contributed by atoms with Crippen molar-refractivity contribution in [3.8, 4) is 5.75 Å². The van der Waals surface area contributed by atoms with Gasteiger partial charge in [0.2, 0.25) is 0 Å². The first-order valence-corrected chi connectivity index (χ1v) is 9.21. The van der Waals surface area contributed by atoms with Gasteiger partial charge < -0.3 is 10.1 Å². The van der Waals surface area contributed by atoms with Crippen molar-refractivity contribution in [2.45, 2.75) is 38.1 Å². The molecule has 0 aliphatic heterocycles. The van der Waals surface area contributed by atoms with Crippen LogP contribution in [0.15, 0.2) is 40.7 Å². The molecule has 1 amide bonds. The maximum Gasteiger partial charge on any atom is 0.254 e. The van der Waals surface area contributed by atoms with E-state index in [4.69, 9.17) is 4.74 Å². The smallest absolute Gasteiger partial charge is 0.254 e. The zero-order valence-electron chi connectivity index (χ0n) is 13.8. The van der Waals surface area contributed by atoms with E-state index >= 15 is 0 Å². The van der Waals surface area contributed by atoms with Gasteiger partial charge in [0.25, 0.3) is 5.91 Å². The fourth-order valence-electron chi connectivity index (χ4n) is 2.91. The molecule has 5 heteroatoms. The van der Waals surface area contributed by atoms with Gasteiger partial charge >= 0.3 is 0 Å². The van der Waals surface area contributed by atoms with Gasteiger partial charge in [-0.2, -0.15) is 0 Å². The van der Waals surface area contributed by atoms with Crippen LogP contribution in [0.4, 0.5) is 5.00 Å². The van der Waals surface area contributed by atoms with Crippen LogP contribution in [0.1, 0.15) is 48.0 Å². The number of hydrogen-bond acceptors (Lipinski definition) is 4. The molecular weight excluding hydrogens is 320 g/mol. The number of benzene rings is 1. The molecule has 1 heterocycles. The molecule has 1 aromatic carbocycles. The molecule has 1 saturated carbocycles. The van der Waals surface area contributed by atoms with Gasteiger partial charge in [0.15, 0.2) is 0 Å². The molecule has 0 unspecified atom stereocenters. The van der Waals surface area contributed by atoms with E-state index in [2.05, 4.69) is 10.3 Å². The second kappa shape index (κ2) is 8.11. The summed E-state index contributed by atoms with van der Waals surface area (Å²) in [6, 6.07) is 9.84. The third-order valence-corrected chi connectivity index (χ3v) is 5.10. The molecular formula is C19H22N2O2S. The van der Waals surface area contributed by atoms with Crippen molar-refractivity contribution in [3.63, 3.8) is 0 Å². The minimum atomic E-state index is -0.00923. The van der Waals surface area contributed by atoms with E-state index in [9.17, 15) is 4.79 Å². The van der Waals surface area contributed by atoms with E-state index in [1.165, 1.54) is 30.6 Å². The van der Waals surface area contributed by atoms with Crippen molar-refractivity contribution in [1.29, 1.82) is 0 Å². The molecule has 0 bridgehead atoms. The molecule has 0 saturated heterocycles. The van der Waals surface area contributed by atoms with E-state index in [-0.39, 0.29) is 5.91 Å². The lowest BCUT2D eigenvalue weighted by molar-refractivity contribution is 0.0929. The van der Waals surface area contributed by atoms with Gasteiger partial charge in [-0.3, -0.25) is 4.79 Å². The highest BCUT2D eigenvalue weighted by atomic mass is 32.1. The lowest BCUT2D eigenvalue weighted by atomic mass is 9.95. The van der Waals surface area contributed by atoms with Crippen molar-refractivity contribution in [1.82, 2.24) is 5.32 Å². The lowest BCUT2D eigenvalue weighted by Crippen LogP contribution is -2.35. The first kappa shape index (κ1) is 16.7. The van der Waals surface area contributed by atoms with Gasteiger partial charge in [0.05, 0.1) is 12.7 Å². The molecule has 1 fully saturated rings. The summed E-state index contributed by atoms with van der Waals surface area (Å²) < 4.78 is 5.15. The Morgan fingerprint density at radius 3 is 2.67 bits per heavy atom. The van der Waals surface area contributed by atoms with Crippen LogP contribution in [-0.2, 0) is 0 Å². The topological polar surface area (TPSA) is 50.7 Å². The average Bonchev–Trinajstić information content (AvgIpc) is 3.10. The Morgan fingerprint density at radius 2 is 1.96 bits per heavy atom. The first-order chi connectivity index (χ1) is 11.8. The maximum absolute atomic E-state index is 12.5. The van der Waals surface area contributed by atoms with Crippen LogP contribution in [0.2, 0.25) is 0 Å². The maximum atomic E-state index is 12.5. The van der Waals surface area contributed by atoms with Crippen molar-refractivity contribution < 1.29 is 9.53 Å². The predicted octanol–water partition coefficient (Wildman–Crippen LogP) is 4.57. The van der Waals surface area contributed by atoms with Gasteiger partial charge in [-0.05, 0) is 54.1 Å². The molecule has 2 aromatic rings. The zero-order chi connectivity index (χ0) is 16.8. The van der Waals surface area contributed by atoms with Crippen LogP contribution < -0.4 is 10.1 Å². The van der Waals surface area contributed by atoms with E-state index < -0.39 is 0 Å². The standard InChI is InChI=1S/C19H22N2O2S/c1-23-16-9-7-14(8-10-16)13-20-19-17(11-12-24-19)18(22)21-15-5-3-2-4-6-15/h7-13,15H,2-6H2,1H3,(H,21,22). The largest absolute Gasteiger partial charge is 0.497 e. The highest BCUT2D eigenvalue weighted by molar-refractivity contribution is 7.14. The van der Waals surface area contributed by atoms with E-state index in [1.807, 2.05) is 35.7 Å². The summed E-state index contributed by atoms with van der Waals surface area (Å²) in [5.41, 5.74) is 1.64. The van der Waals surface area contributed by atoms with Crippen LogP contribution >= 0.6 is 11.3 Å². The molecule has 1 aliphatic carbocycles. The number of nitrogens with zero attached hydrogens (tertiary/aromatic N) is 1. The summed E-state index contributed by atoms with van der Waals surface area (Å²) in [6.07, 6.45) is 7.64. The third kappa shape index (κ3) is 4.23. The molecule has 1 aliphatic rings. The predicted molar refractivity (Wildman–Crippen MR) is 98.9 cm³/mol. The summed E-state index contributed by atoms with van der Waals surface area (Å²) in [6.45, 7) is 0. The molecule has 0 atom stereocenters. The number of amides is 1. The number of ether oxygens (including phenoxy) is 1. The van der Waals surface area contributed by atoms with Gasteiger partial charge in [0, 0.05) is 12.3 Å². The summed E-state index contributed by atoms with van der Waals surface area (Å²) in [5, 5.41) is 5.81. The molecule has 126 valence electrons. The first-order valence-electron chi connectivity index (χ1n) is 8.33. The Labute approximate surface area is 146 Å². The minimum absolute atomic E-state index is 0.00923. The number of methoxy groups -OCH3 is 1. The van der Waals surface area contributed by atoms with Crippen LogP contribution in [0.5, 0.6) is 5.75 Å². The van der Waals surface area contributed by atoms with Crippen molar-refractivity contribution in [3.05, 3.63) is 46.8 Å². The van der Waals surface area contributed by atoms with Crippen LogP contribution in [0.25, 0.3) is 0 Å². The molecule has 0 radical (unpaired) electrons. The summed E-state index contributed by atoms with van der Waals surface area (Å²) in [7, 11) is 1.64. The summed E-state index contributed by atoms with van der Waals surface area (Å²) in [4.78, 5) is 17.0. The number of hydrogen-bond donors (Lipinski definition) is 1. The Bertz CT molecular complexity index is 700. The Hall–Kier alpha value is -2.14. The second-order valence-electron chi connectivity index (χ2n) is 5.98. The quantitative estimate of drug-likeness (QED) is 0.809.